The van der Waals surface area contributed by atoms with E-state index in [1.165, 1.54) is 23.5 Å². The van der Waals surface area contributed by atoms with Crippen molar-refractivity contribution in [2.24, 2.45) is 0 Å². The summed E-state index contributed by atoms with van der Waals surface area (Å²) >= 11 is 1.41. The third kappa shape index (κ3) is 2.88. The number of hydrogen-bond donors (Lipinski definition) is 1. The van der Waals surface area contributed by atoms with Crippen LogP contribution in [0.15, 0.2) is 30.3 Å². The quantitative estimate of drug-likeness (QED) is 0.751. The average Bonchev–Trinajstić information content (AvgIpc) is 2.84. The number of rotatable bonds is 3. The second-order valence-electron chi connectivity index (χ2n) is 5.03. The number of nitrogens with zero attached hydrogens (tertiary/aromatic N) is 1. The molecule has 5 heteroatoms. The molecular formula is C16H14F2N2S. The van der Waals surface area contributed by atoms with Crippen molar-refractivity contribution in [2.75, 3.05) is 5.32 Å². The zero-order valence-electron chi connectivity index (χ0n) is 11.7. The fraction of sp³-hybridized carbons (Fsp3) is 0.188. The number of hydrogen-bond acceptors (Lipinski definition) is 3. The first-order chi connectivity index (χ1) is 10.0. The maximum atomic E-state index is 13.6. The molecule has 0 radical (unpaired) electrons. The van der Waals surface area contributed by atoms with Crippen molar-refractivity contribution >= 4 is 26.7 Å². The Labute approximate surface area is 125 Å². The van der Waals surface area contributed by atoms with Crippen LogP contribution in [0.3, 0.4) is 0 Å². The van der Waals surface area contributed by atoms with Gasteiger partial charge in [0.2, 0.25) is 0 Å². The lowest BCUT2D eigenvalue weighted by Crippen LogP contribution is -2.01. The van der Waals surface area contributed by atoms with E-state index in [0.29, 0.717) is 17.7 Å². The first-order valence-corrected chi connectivity index (χ1v) is 7.40. The lowest BCUT2D eigenvalue weighted by molar-refractivity contribution is 0.608. The number of halogens is 2. The Morgan fingerprint density at radius 2 is 1.81 bits per heavy atom. The van der Waals surface area contributed by atoms with Crippen LogP contribution in [0.5, 0.6) is 0 Å². The summed E-state index contributed by atoms with van der Waals surface area (Å²) < 4.78 is 27.5. The summed E-state index contributed by atoms with van der Waals surface area (Å²) in [6, 6.07) is 8.19. The Bertz CT molecular complexity index is 788. The molecule has 2 nitrogen and oxygen atoms in total. The van der Waals surface area contributed by atoms with Gasteiger partial charge in [0.1, 0.15) is 11.6 Å². The minimum atomic E-state index is -0.262. The van der Waals surface area contributed by atoms with Crippen molar-refractivity contribution in [3.63, 3.8) is 0 Å². The van der Waals surface area contributed by atoms with Crippen LogP contribution in [0.25, 0.3) is 10.2 Å². The van der Waals surface area contributed by atoms with Crippen molar-refractivity contribution in [2.45, 2.75) is 20.4 Å². The second kappa shape index (κ2) is 5.41. The summed E-state index contributed by atoms with van der Waals surface area (Å²) in [7, 11) is 0. The molecule has 0 bridgehead atoms. The zero-order valence-corrected chi connectivity index (χ0v) is 12.5. The highest BCUT2D eigenvalue weighted by Crippen LogP contribution is 2.27. The molecular weight excluding hydrogens is 290 g/mol. The number of aryl methyl sites for hydroxylation is 2. The van der Waals surface area contributed by atoms with Crippen LogP contribution >= 0.6 is 11.3 Å². The highest BCUT2D eigenvalue weighted by atomic mass is 32.1. The molecule has 3 aromatic rings. The fourth-order valence-corrected chi connectivity index (χ4v) is 3.18. The highest BCUT2D eigenvalue weighted by Gasteiger charge is 2.07. The van der Waals surface area contributed by atoms with E-state index in [2.05, 4.69) is 10.3 Å². The molecule has 0 atom stereocenters. The standard InChI is InChI=1S/C16H14F2N2S/c1-9-5-11(6-10(2)15(9)18)8-19-16-20-13-4-3-12(17)7-14(13)21-16/h3-7H,8H2,1-2H3,(H,19,20). The normalized spacial score (nSPS) is 11.0. The second-order valence-corrected chi connectivity index (χ2v) is 6.06. The van der Waals surface area contributed by atoms with E-state index < -0.39 is 0 Å². The van der Waals surface area contributed by atoms with Crippen LogP contribution in [-0.4, -0.2) is 4.98 Å². The minimum Gasteiger partial charge on any atom is -0.357 e. The SMILES string of the molecule is Cc1cc(CNc2nc3ccc(F)cc3s2)cc(C)c1F. The first-order valence-electron chi connectivity index (χ1n) is 6.58. The van der Waals surface area contributed by atoms with Crippen LogP contribution < -0.4 is 5.32 Å². The topological polar surface area (TPSA) is 24.9 Å². The molecule has 21 heavy (non-hydrogen) atoms. The number of thiazole rings is 1. The van der Waals surface area contributed by atoms with E-state index in [-0.39, 0.29) is 11.6 Å². The summed E-state index contributed by atoms with van der Waals surface area (Å²) in [6.07, 6.45) is 0. The van der Waals surface area contributed by atoms with Gasteiger partial charge in [-0.2, -0.15) is 0 Å². The Balaban J connectivity index is 1.80. The predicted molar refractivity (Wildman–Crippen MR) is 82.8 cm³/mol. The fourth-order valence-electron chi connectivity index (χ4n) is 2.29. The molecule has 108 valence electrons. The number of nitrogens with one attached hydrogen (secondary N) is 1. The maximum absolute atomic E-state index is 13.6. The molecule has 3 rings (SSSR count). The number of anilines is 1. The first kappa shape index (κ1) is 13.9. The van der Waals surface area contributed by atoms with Crippen molar-refractivity contribution in [3.05, 3.63) is 58.7 Å². The third-order valence-electron chi connectivity index (χ3n) is 3.29. The molecule has 1 aromatic heterocycles. The van der Waals surface area contributed by atoms with Crippen molar-refractivity contribution < 1.29 is 8.78 Å². The Hall–Kier alpha value is -2.01. The van der Waals surface area contributed by atoms with Crippen molar-refractivity contribution in [1.29, 1.82) is 0 Å². The van der Waals surface area contributed by atoms with Crippen LogP contribution in [0, 0.1) is 25.5 Å². The predicted octanol–water partition coefficient (Wildman–Crippen LogP) is 4.80. The van der Waals surface area contributed by atoms with Gasteiger partial charge in [0.25, 0.3) is 0 Å². The molecule has 2 aromatic carbocycles. The maximum Gasteiger partial charge on any atom is 0.184 e. The van der Waals surface area contributed by atoms with Gasteiger partial charge in [-0.05, 0) is 48.7 Å². The van der Waals surface area contributed by atoms with Gasteiger partial charge in [-0.25, -0.2) is 13.8 Å². The van der Waals surface area contributed by atoms with Gasteiger partial charge < -0.3 is 5.32 Å². The molecule has 1 heterocycles. The van der Waals surface area contributed by atoms with Crippen LogP contribution in [-0.2, 0) is 6.54 Å². The zero-order chi connectivity index (χ0) is 15.0. The average molecular weight is 304 g/mol. The summed E-state index contributed by atoms with van der Waals surface area (Å²) in [5.74, 6) is -0.420. The van der Waals surface area contributed by atoms with Gasteiger partial charge >= 0.3 is 0 Å². The summed E-state index contributed by atoms with van der Waals surface area (Å²) in [6.45, 7) is 4.07. The summed E-state index contributed by atoms with van der Waals surface area (Å²) in [4.78, 5) is 4.40. The van der Waals surface area contributed by atoms with E-state index in [1.807, 2.05) is 12.1 Å². The van der Waals surface area contributed by atoms with E-state index >= 15 is 0 Å². The molecule has 0 aliphatic carbocycles. The largest absolute Gasteiger partial charge is 0.357 e. The number of aromatic nitrogens is 1. The molecule has 0 spiro atoms. The third-order valence-corrected chi connectivity index (χ3v) is 4.27. The van der Waals surface area contributed by atoms with Gasteiger partial charge in [0.05, 0.1) is 10.2 Å². The lowest BCUT2D eigenvalue weighted by atomic mass is 10.1. The van der Waals surface area contributed by atoms with Crippen LogP contribution in [0.4, 0.5) is 13.9 Å². The molecule has 0 fully saturated rings. The minimum absolute atomic E-state index is 0.158. The van der Waals surface area contributed by atoms with Crippen molar-refractivity contribution in [1.82, 2.24) is 4.98 Å². The van der Waals surface area contributed by atoms with E-state index in [9.17, 15) is 8.78 Å². The Morgan fingerprint density at radius 1 is 1.10 bits per heavy atom. The van der Waals surface area contributed by atoms with Gasteiger partial charge in [0, 0.05) is 6.54 Å². The molecule has 1 N–H and O–H groups in total. The lowest BCUT2D eigenvalue weighted by Gasteiger charge is -2.07. The van der Waals surface area contributed by atoms with Gasteiger partial charge in [0.15, 0.2) is 5.13 Å². The molecule has 0 saturated carbocycles. The molecule has 0 aliphatic heterocycles. The monoisotopic (exact) mass is 304 g/mol. The van der Waals surface area contributed by atoms with Crippen molar-refractivity contribution in [3.8, 4) is 0 Å². The number of benzene rings is 2. The summed E-state index contributed by atoms with van der Waals surface area (Å²) in [5, 5.41) is 3.94. The van der Waals surface area contributed by atoms with Gasteiger partial charge in [-0.15, -0.1) is 0 Å². The van der Waals surface area contributed by atoms with Gasteiger partial charge in [-0.3, -0.25) is 0 Å². The Morgan fingerprint density at radius 3 is 2.52 bits per heavy atom. The smallest absolute Gasteiger partial charge is 0.184 e. The van der Waals surface area contributed by atoms with E-state index in [1.54, 1.807) is 19.9 Å². The summed E-state index contributed by atoms with van der Waals surface area (Å²) in [5.41, 5.74) is 3.04. The highest BCUT2D eigenvalue weighted by molar-refractivity contribution is 7.22. The molecule has 0 saturated heterocycles. The van der Waals surface area contributed by atoms with Crippen LogP contribution in [0.1, 0.15) is 16.7 Å². The Kier molecular flexibility index (Phi) is 3.59. The van der Waals surface area contributed by atoms with E-state index in [0.717, 1.165) is 20.9 Å². The number of fused-ring (bicyclic) bond motifs is 1. The molecule has 0 aliphatic rings. The van der Waals surface area contributed by atoms with E-state index in [4.69, 9.17) is 0 Å². The van der Waals surface area contributed by atoms with Crippen LogP contribution in [0.2, 0.25) is 0 Å². The van der Waals surface area contributed by atoms with Gasteiger partial charge in [-0.1, -0.05) is 23.5 Å². The molecule has 0 unspecified atom stereocenters. The molecule has 0 amide bonds.